The first-order chi connectivity index (χ1) is 6.31. The van der Waals surface area contributed by atoms with Crippen LogP contribution < -0.4 is 4.74 Å². The average molecular weight is 182 g/mol. The van der Waals surface area contributed by atoms with E-state index in [4.69, 9.17) is 14.6 Å². The van der Waals surface area contributed by atoms with Crippen LogP contribution >= 0.6 is 0 Å². The maximum Gasteiger partial charge on any atom is 0.118 e. The summed E-state index contributed by atoms with van der Waals surface area (Å²) in [6.07, 6.45) is -0.245. The summed E-state index contributed by atoms with van der Waals surface area (Å²) in [6, 6.07) is 7.44. The third-order valence-corrected chi connectivity index (χ3v) is 1.94. The van der Waals surface area contributed by atoms with E-state index >= 15 is 0 Å². The molecule has 1 rings (SSSR count). The number of rotatable bonds is 4. The molecule has 1 unspecified atom stereocenters. The second kappa shape index (κ2) is 4.84. The molecule has 0 aliphatic rings. The standard InChI is InChI=1S/C10H14O3/c1-12-9-5-3-8(4-6-9)10(7-11)13-2/h3-6,10-11H,7H2,1-2H3. The van der Waals surface area contributed by atoms with Crippen LogP contribution in [-0.2, 0) is 4.74 Å². The Labute approximate surface area is 77.9 Å². The Morgan fingerprint density at radius 3 is 2.23 bits per heavy atom. The highest BCUT2D eigenvalue weighted by atomic mass is 16.5. The lowest BCUT2D eigenvalue weighted by atomic mass is 10.1. The zero-order chi connectivity index (χ0) is 9.68. The third kappa shape index (κ3) is 2.44. The average Bonchev–Trinajstić information content (AvgIpc) is 2.21. The molecule has 1 aromatic carbocycles. The molecule has 3 nitrogen and oxygen atoms in total. The summed E-state index contributed by atoms with van der Waals surface area (Å²) >= 11 is 0. The van der Waals surface area contributed by atoms with Crippen molar-refractivity contribution in [3.63, 3.8) is 0 Å². The van der Waals surface area contributed by atoms with E-state index < -0.39 is 0 Å². The number of aliphatic hydroxyl groups excluding tert-OH is 1. The highest BCUT2D eigenvalue weighted by Crippen LogP contribution is 2.19. The fraction of sp³-hybridized carbons (Fsp3) is 0.400. The van der Waals surface area contributed by atoms with Crippen molar-refractivity contribution in [2.75, 3.05) is 20.8 Å². The zero-order valence-corrected chi connectivity index (χ0v) is 7.86. The quantitative estimate of drug-likeness (QED) is 0.764. The largest absolute Gasteiger partial charge is 0.497 e. The van der Waals surface area contributed by atoms with Gasteiger partial charge >= 0.3 is 0 Å². The molecule has 0 saturated heterocycles. The van der Waals surface area contributed by atoms with Crippen molar-refractivity contribution in [3.8, 4) is 5.75 Å². The fourth-order valence-corrected chi connectivity index (χ4v) is 1.13. The Morgan fingerprint density at radius 2 is 1.85 bits per heavy atom. The number of benzene rings is 1. The van der Waals surface area contributed by atoms with Gasteiger partial charge in [0.1, 0.15) is 11.9 Å². The van der Waals surface area contributed by atoms with Crippen LogP contribution in [0.15, 0.2) is 24.3 Å². The summed E-state index contributed by atoms with van der Waals surface area (Å²) in [6.45, 7) is -0.0111. The number of hydrogen-bond acceptors (Lipinski definition) is 3. The lowest BCUT2D eigenvalue weighted by molar-refractivity contribution is 0.0484. The van der Waals surface area contributed by atoms with Crippen LogP contribution in [-0.4, -0.2) is 25.9 Å². The summed E-state index contributed by atoms with van der Waals surface area (Å²) < 4.78 is 10.1. The van der Waals surface area contributed by atoms with E-state index in [1.807, 2.05) is 24.3 Å². The van der Waals surface area contributed by atoms with Crippen LogP contribution in [0.4, 0.5) is 0 Å². The summed E-state index contributed by atoms with van der Waals surface area (Å²) in [4.78, 5) is 0. The van der Waals surface area contributed by atoms with Gasteiger partial charge in [0.2, 0.25) is 0 Å². The number of methoxy groups -OCH3 is 2. The van der Waals surface area contributed by atoms with Gasteiger partial charge in [-0.25, -0.2) is 0 Å². The molecule has 0 bridgehead atoms. The lowest BCUT2D eigenvalue weighted by Crippen LogP contribution is -2.05. The molecule has 0 amide bonds. The molecule has 1 N–H and O–H groups in total. The topological polar surface area (TPSA) is 38.7 Å². The molecule has 0 fully saturated rings. The monoisotopic (exact) mass is 182 g/mol. The molecule has 0 aromatic heterocycles. The minimum absolute atomic E-state index is 0.0111. The van der Waals surface area contributed by atoms with E-state index in [-0.39, 0.29) is 12.7 Å². The van der Waals surface area contributed by atoms with Gasteiger partial charge in [-0.3, -0.25) is 0 Å². The molecule has 0 aliphatic carbocycles. The summed E-state index contributed by atoms with van der Waals surface area (Å²) in [7, 11) is 3.19. The molecule has 0 heterocycles. The second-order valence-electron chi connectivity index (χ2n) is 2.68. The van der Waals surface area contributed by atoms with Gasteiger partial charge in [0.05, 0.1) is 13.7 Å². The van der Waals surface area contributed by atoms with E-state index in [1.165, 1.54) is 0 Å². The van der Waals surface area contributed by atoms with Gasteiger partial charge in [-0.15, -0.1) is 0 Å². The molecule has 0 spiro atoms. The van der Waals surface area contributed by atoms with Crippen molar-refractivity contribution in [1.82, 2.24) is 0 Å². The zero-order valence-electron chi connectivity index (χ0n) is 7.86. The maximum absolute atomic E-state index is 8.95. The van der Waals surface area contributed by atoms with Crippen LogP contribution in [0.25, 0.3) is 0 Å². The summed E-state index contributed by atoms with van der Waals surface area (Å²) in [5, 5.41) is 8.95. The van der Waals surface area contributed by atoms with Crippen molar-refractivity contribution in [2.24, 2.45) is 0 Å². The molecule has 0 aliphatic heterocycles. The number of ether oxygens (including phenoxy) is 2. The molecular weight excluding hydrogens is 168 g/mol. The van der Waals surface area contributed by atoms with Crippen molar-refractivity contribution in [2.45, 2.75) is 6.10 Å². The Kier molecular flexibility index (Phi) is 3.73. The number of hydrogen-bond donors (Lipinski definition) is 1. The van der Waals surface area contributed by atoms with Crippen LogP contribution in [0.1, 0.15) is 11.7 Å². The van der Waals surface area contributed by atoms with Gasteiger partial charge < -0.3 is 14.6 Å². The molecule has 1 aromatic rings. The van der Waals surface area contributed by atoms with Crippen molar-refractivity contribution in [1.29, 1.82) is 0 Å². The van der Waals surface area contributed by atoms with Crippen LogP contribution in [0.3, 0.4) is 0 Å². The first-order valence-electron chi connectivity index (χ1n) is 4.09. The molecule has 72 valence electrons. The highest BCUT2D eigenvalue weighted by Gasteiger charge is 2.07. The number of aliphatic hydroxyl groups is 1. The SMILES string of the molecule is COc1ccc(C(CO)OC)cc1. The molecule has 13 heavy (non-hydrogen) atoms. The minimum Gasteiger partial charge on any atom is -0.497 e. The van der Waals surface area contributed by atoms with E-state index in [1.54, 1.807) is 14.2 Å². The maximum atomic E-state index is 8.95. The van der Waals surface area contributed by atoms with Crippen LogP contribution in [0, 0.1) is 0 Å². The predicted octanol–water partition coefficient (Wildman–Crippen LogP) is 1.37. The van der Waals surface area contributed by atoms with E-state index in [9.17, 15) is 0 Å². The summed E-state index contributed by atoms with van der Waals surface area (Å²) in [5.74, 6) is 0.802. The van der Waals surface area contributed by atoms with Crippen molar-refractivity contribution in [3.05, 3.63) is 29.8 Å². The van der Waals surface area contributed by atoms with Gasteiger partial charge in [-0.05, 0) is 17.7 Å². The Hall–Kier alpha value is -1.06. The van der Waals surface area contributed by atoms with E-state index in [0.29, 0.717) is 0 Å². The Morgan fingerprint density at radius 1 is 1.23 bits per heavy atom. The van der Waals surface area contributed by atoms with Gasteiger partial charge in [-0.1, -0.05) is 12.1 Å². The van der Waals surface area contributed by atoms with Crippen LogP contribution in [0.2, 0.25) is 0 Å². The van der Waals surface area contributed by atoms with Crippen molar-refractivity contribution >= 4 is 0 Å². The van der Waals surface area contributed by atoms with Gasteiger partial charge in [0.25, 0.3) is 0 Å². The van der Waals surface area contributed by atoms with Crippen LogP contribution in [0.5, 0.6) is 5.75 Å². The van der Waals surface area contributed by atoms with Gasteiger partial charge in [0, 0.05) is 7.11 Å². The first-order valence-corrected chi connectivity index (χ1v) is 4.09. The normalized spacial score (nSPS) is 12.5. The summed E-state index contributed by atoms with van der Waals surface area (Å²) in [5.41, 5.74) is 0.950. The molecule has 0 radical (unpaired) electrons. The van der Waals surface area contributed by atoms with E-state index in [0.717, 1.165) is 11.3 Å². The molecule has 0 saturated carbocycles. The second-order valence-corrected chi connectivity index (χ2v) is 2.68. The van der Waals surface area contributed by atoms with Gasteiger partial charge in [-0.2, -0.15) is 0 Å². The highest BCUT2D eigenvalue weighted by molar-refractivity contribution is 5.28. The molecule has 3 heteroatoms. The predicted molar refractivity (Wildman–Crippen MR) is 49.8 cm³/mol. The Balaban J connectivity index is 2.78. The Bertz CT molecular complexity index is 239. The van der Waals surface area contributed by atoms with E-state index in [2.05, 4.69) is 0 Å². The van der Waals surface area contributed by atoms with Crippen molar-refractivity contribution < 1.29 is 14.6 Å². The fourth-order valence-electron chi connectivity index (χ4n) is 1.13. The van der Waals surface area contributed by atoms with Gasteiger partial charge in [0.15, 0.2) is 0 Å². The molecular formula is C10H14O3. The molecule has 1 atom stereocenters. The first kappa shape index (κ1) is 10.0. The third-order valence-electron chi connectivity index (χ3n) is 1.94. The smallest absolute Gasteiger partial charge is 0.118 e. The minimum atomic E-state index is -0.245. The lowest BCUT2D eigenvalue weighted by Gasteiger charge is -2.12.